The molecule has 5 rings (SSSR count). The highest BCUT2D eigenvalue weighted by Crippen LogP contribution is 2.36. The first-order valence-electron chi connectivity index (χ1n) is 12.1. The molecule has 0 bridgehead atoms. The molecule has 1 amide bonds. The number of benzene rings is 3. The third-order valence-electron chi connectivity index (χ3n) is 6.46. The Morgan fingerprint density at radius 3 is 2.19 bits per heavy atom. The molecule has 3 aromatic carbocycles. The van der Waals surface area contributed by atoms with E-state index in [-0.39, 0.29) is 12.5 Å². The molecule has 7 nitrogen and oxygen atoms in total. The van der Waals surface area contributed by atoms with Crippen LogP contribution in [0.25, 0.3) is 0 Å². The largest absolute Gasteiger partial charge is 0.454 e. The molecule has 36 heavy (non-hydrogen) atoms. The number of ether oxygens (including phenoxy) is 4. The summed E-state index contributed by atoms with van der Waals surface area (Å²) in [6.07, 6.45) is -2.47. The second kappa shape index (κ2) is 11.0. The van der Waals surface area contributed by atoms with Crippen molar-refractivity contribution in [2.24, 2.45) is 0 Å². The fraction of sp³-hybridized carbons (Fsp3) is 0.310. The Morgan fingerprint density at radius 1 is 0.889 bits per heavy atom. The van der Waals surface area contributed by atoms with Crippen LogP contribution in [0.5, 0.6) is 0 Å². The molecule has 0 spiro atoms. The van der Waals surface area contributed by atoms with Gasteiger partial charge in [-0.3, -0.25) is 4.79 Å². The highest BCUT2D eigenvalue weighted by atomic mass is 16.7. The van der Waals surface area contributed by atoms with E-state index in [0.29, 0.717) is 12.0 Å². The van der Waals surface area contributed by atoms with Gasteiger partial charge >= 0.3 is 5.97 Å². The number of esters is 1. The van der Waals surface area contributed by atoms with Crippen LogP contribution in [-0.4, -0.2) is 48.9 Å². The van der Waals surface area contributed by atoms with E-state index in [1.54, 1.807) is 24.3 Å². The molecule has 2 aliphatic rings. The van der Waals surface area contributed by atoms with Gasteiger partial charge in [0.25, 0.3) is 0 Å². The smallest absolute Gasteiger partial charge is 0.338 e. The molecule has 0 saturated carbocycles. The van der Waals surface area contributed by atoms with Crippen molar-refractivity contribution in [3.63, 3.8) is 0 Å². The SMILES string of the molecule is CC(=O)NC1[C@H](Cc2ccccc2)OC2COC(c3ccccc3)O[C@H]2[C@@H]1OC(=O)c1ccccc1. The Hall–Kier alpha value is -3.52. The molecule has 7 heteroatoms. The van der Waals surface area contributed by atoms with Gasteiger partial charge in [0.2, 0.25) is 5.91 Å². The highest BCUT2D eigenvalue weighted by Gasteiger charge is 2.52. The zero-order valence-corrected chi connectivity index (χ0v) is 20.0. The molecule has 0 radical (unpaired) electrons. The van der Waals surface area contributed by atoms with E-state index in [0.717, 1.165) is 11.1 Å². The summed E-state index contributed by atoms with van der Waals surface area (Å²) in [4.78, 5) is 25.5. The lowest BCUT2D eigenvalue weighted by Gasteiger charge is -2.49. The van der Waals surface area contributed by atoms with Crippen molar-refractivity contribution in [2.75, 3.05) is 6.61 Å². The fourth-order valence-electron chi connectivity index (χ4n) is 4.80. The maximum absolute atomic E-state index is 13.2. The summed E-state index contributed by atoms with van der Waals surface area (Å²) in [5.41, 5.74) is 2.32. The predicted molar refractivity (Wildman–Crippen MR) is 132 cm³/mol. The lowest BCUT2D eigenvalue weighted by Crippen LogP contribution is -2.67. The molecular formula is C29H29NO6. The van der Waals surface area contributed by atoms with Gasteiger partial charge < -0.3 is 24.3 Å². The van der Waals surface area contributed by atoms with E-state index >= 15 is 0 Å². The second-order valence-corrected chi connectivity index (χ2v) is 9.04. The average molecular weight is 488 g/mol. The van der Waals surface area contributed by atoms with Crippen LogP contribution in [0.15, 0.2) is 91.0 Å². The highest BCUT2D eigenvalue weighted by molar-refractivity contribution is 5.89. The number of hydrogen-bond donors (Lipinski definition) is 1. The van der Waals surface area contributed by atoms with Crippen molar-refractivity contribution < 1.29 is 28.5 Å². The van der Waals surface area contributed by atoms with Gasteiger partial charge in [0, 0.05) is 18.9 Å². The van der Waals surface area contributed by atoms with E-state index < -0.39 is 42.7 Å². The van der Waals surface area contributed by atoms with Crippen LogP contribution in [0.2, 0.25) is 0 Å². The van der Waals surface area contributed by atoms with Crippen LogP contribution in [0.1, 0.15) is 34.7 Å². The van der Waals surface area contributed by atoms with Crippen LogP contribution in [0, 0.1) is 0 Å². The maximum Gasteiger partial charge on any atom is 0.338 e. The predicted octanol–water partition coefficient (Wildman–Crippen LogP) is 3.84. The minimum absolute atomic E-state index is 0.243. The van der Waals surface area contributed by atoms with E-state index in [1.807, 2.05) is 66.7 Å². The first-order valence-corrected chi connectivity index (χ1v) is 12.1. The molecule has 1 N–H and O–H groups in total. The lowest BCUT2D eigenvalue weighted by atomic mass is 9.88. The summed E-state index contributed by atoms with van der Waals surface area (Å²) in [7, 11) is 0. The molecule has 3 aromatic rings. The van der Waals surface area contributed by atoms with Gasteiger partial charge in [-0.25, -0.2) is 4.79 Å². The third kappa shape index (κ3) is 5.49. The van der Waals surface area contributed by atoms with E-state index in [4.69, 9.17) is 18.9 Å². The molecule has 6 atom stereocenters. The third-order valence-corrected chi connectivity index (χ3v) is 6.46. The topological polar surface area (TPSA) is 83.1 Å². The molecule has 186 valence electrons. The molecule has 0 aromatic heterocycles. The Labute approximate surface area is 210 Å². The Balaban J connectivity index is 1.47. The van der Waals surface area contributed by atoms with Crippen LogP contribution < -0.4 is 5.32 Å². The zero-order valence-electron chi connectivity index (χ0n) is 20.0. The van der Waals surface area contributed by atoms with Crippen LogP contribution in [0.4, 0.5) is 0 Å². The number of carbonyl (C=O) groups is 2. The second-order valence-electron chi connectivity index (χ2n) is 9.04. The quantitative estimate of drug-likeness (QED) is 0.532. The Morgan fingerprint density at radius 2 is 1.53 bits per heavy atom. The fourth-order valence-corrected chi connectivity index (χ4v) is 4.80. The van der Waals surface area contributed by atoms with Crippen molar-refractivity contribution in [1.29, 1.82) is 0 Å². The summed E-state index contributed by atoms with van der Waals surface area (Å²) in [6, 6.07) is 27.6. The van der Waals surface area contributed by atoms with E-state index in [9.17, 15) is 9.59 Å². The van der Waals surface area contributed by atoms with Crippen LogP contribution in [0.3, 0.4) is 0 Å². The summed E-state index contributed by atoms with van der Waals surface area (Å²) in [5.74, 6) is -0.728. The maximum atomic E-state index is 13.2. The molecule has 2 heterocycles. The number of fused-ring (bicyclic) bond motifs is 1. The number of nitrogens with one attached hydrogen (secondary N) is 1. The Kier molecular flexibility index (Phi) is 7.41. The van der Waals surface area contributed by atoms with Crippen molar-refractivity contribution in [1.82, 2.24) is 5.32 Å². The van der Waals surface area contributed by atoms with Gasteiger partial charge in [0.1, 0.15) is 12.2 Å². The van der Waals surface area contributed by atoms with Gasteiger partial charge in [-0.1, -0.05) is 78.9 Å². The minimum Gasteiger partial charge on any atom is -0.454 e. The standard InChI is InChI=1S/C29H29NO6/c1-19(31)30-25-23(17-20-11-5-2-6-12-20)34-24-18-33-29(22-15-9-4-10-16-22)36-26(24)27(25)35-28(32)21-13-7-3-8-14-21/h2-16,23-27,29H,17-18H2,1H3,(H,30,31)/t23-,24?,25?,26+,27+,29?/m0/s1. The summed E-state index contributed by atoms with van der Waals surface area (Å²) >= 11 is 0. The molecular weight excluding hydrogens is 458 g/mol. The van der Waals surface area contributed by atoms with Crippen molar-refractivity contribution >= 4 is 11.9 Å². The van der Waals surface area contributed by atoms with E-state index in [2.05, 4.69) is 5.32 Å². The molecule has 2 fully saturated rings. The van der Waals surface area contributed by atoms with Gasteiger partial charge in [-0.05, 0) is 17.7 Å². The first kappa shape index (κ1) is 24.2. The average Bonchev–Trinajstić information content (AvgIpc) is 2.91. The van der Waals surface area contributed by atoms with Crippen molar-refractivity contribution in [3.8, 4) is 0 Å². The molecule has 0 aliphatic carbocycles. The van der Waals surface area contributed by atoms with Crippen molar-refractivity contribution in [3.05, 3.63) is 108 Å². The molecule has 2 aliphatic heterocycles. The van der Waals surface area contributed by atoms with Crippen LogP contribution >= 0.6 is 0 Å². The zero-order chi connectivity index (χ0) is 24.9. The minimum atomic E-state index is -0.788. The molecule has 2 saturated heterocycles. The molecule has 3 unspecified atom stereocenters. The number of rotatable bonds is 6. The number of hydrogen-bond acceptors (Lipinski definition) is 6. The van der Waals surface area contributed by atoms with Crippen LogP contribution in [-0.2, 0) is 30.2 Å². The number of carbonyl (C=O) groups excluding carboxylic acids is 2. The number of amides is 1. The first-order chi connectivity index (χ1) is 17.6. The van der Waals surface area contributed by atoms with Gasteiger partial charge in [0.05, 0.1) is 24.3 Å². The van der Waals surface area contributed by atoms with Gasteiger partial charge in [0.15, 0.2) is 12.4 Å². The Bertz CT molecular complexity index is 1160. The summed E-state index contributed by atoms with van der Waals surface area (Å²) in [6.45, 7) is 1.71. The monoisotopic (exact) mass is 487 g/mol. The van der Waals surface area contributed by atoms with Crippen molar-refractivity contribution in [2.45, 2.75) is 50.1 Å². The normalized spacial score (nSPS) is 27.5. The summed E-state index contributed by atoms with van der Waals surface area (Å²) < 4.78 is 24.9. The summed E-state index contributed by atoms with van der Waals surface area (Å²) in [5, 5.41) is 2.98. The van der Waals surface area contributed by atoms with Gasteiger partial charge in [-0.15, -0.1) is 0 Å². The van der Waals surface area contributed by atoms with Gasteiger partial charge in [-0.2, -0.15) is 0 Å². The van der Waals surface area contributed by atoms with E-state index in [1.165, 1.54) is 6.92 Å². The lowest BCUT2D eigenvalue weighted by molar-refractivity contribution is -0.314.